The Bertz CT molecular complexity index is 758. The van der Waals surface area contributed by atoms with Gasteiger partial charge in [0, 0.05) is 23.7 Å². The lowest BCUT2D eigenvalue weighted by atomic mass is 10.1. The Morgan fingerprint density at radius 2 is 2.00 bits per heavy atom. The first-order valence-corrected chi connectivity index (χ1v) is 8.33. The normalized spacial score (nSPS) is 17.2. The molecule has 0 aliphatic carbocycles. The van der Waals surface area contributed by atoms with Gasteiger partial charge in [0.2, 0.25) is 11.8 Å². The molecule has 1 aliphatic rings. The predicted octanol–water partition coefficient (Wildman–Crippen LogP) is 3.46. The summed E-state index contributed by atoms with van der Waals surface area (Å²) in [6.07, 6.45) is 0.909. The summed E-state index contributed by atoms with van der Waals surface area (Å²) in [6, 6.07) is 14.5. The van der Waals surface area contributed by atoms with Crippen molar-refractivity contribution in [1.82, 2.24) is 5.32 Å². The number of halogens is 1. The molecule has 2 amide bonds. The van der Waals surface area contributed by atoms with Crippen LogP contribution in [0.5, 0.6) is 0 Å². The molecule has 2 aromatic carbocycles. The second-order valence-electron chi connectivity index (χ2n) is 6.00. The molecular formula is C19H19ClN2O2. The van der Waals surface area contributed by atoms with Crippen LogP contribution in [0.1, 0.15) is 24.0 Å². The minimum absolute atomic E-state index is 0.0342. The molecule has 1 heterocycles. The molecule has 0 radical (unpaired) electrons. The Morgan fingerprint density at radius 1 is 1.25 bits per heavy atom. The van der Waals surface area contributed by atoms with Gasteiger partial charge in [-0.25, -0.2) is 0 Å². The fourth-order valence-corrected chi connectivity index (χ4v) is 3.11. The van der Waals surface area contributed by atoms with E-state index in [0.29, 0.717) is 30.1 Å². The number of carbonyl (C=O) groups excluding carboxylic acids is 2. The van der Waals surface area contributed by atoms with E-state index < -0.39 is 6.04 Å². The Kier molecular flexibility index (Phi) is 4.86. The molecule has 0 spiro atoms. The van der Waals surface area contributed by atoms with Crippen LogP contribution in [-0.2, 0) is 16.1 Å². The van der Waals surface area contributed by atoms with E-state index in [4.69, 9.17) is 11.6 Å². The molecular weight excluding hydrogens is 324 g/mol. The largest absolute Gasteiger partial charge is 0.350 e. The van der Waals surface area contributed by atoms with Crippen LogP contribution in [-0.4, -0.2) is 17.9 Å². The van der Waals surface area contributed by atoms with E-state index in [-0.39, 0.29) is 11.8 Å². The topological polar surface area (TPSA) is 49.4 Å². The lowest BCUT2D eigenvalue weighted by molar-refractivity contribution is -0.124. The zero-order chi connectivity index (χ0) is 17.1. The fraction of sp³-hybridized carbons (Fsp3) is 0.263. The third kappa shape index (κ3) is 3.60. The van der Waals surface area contributed by atoms with Gasteiger partial charge in [-0.15, -0.1) is 0 Å². The summed E-state index contributed by atoms with van der Waals surface area (Å²) in [6.45, 7) is 2.48. The van der Waals surface area contributed by atoms with Crippen LogP contribution in [0.3, 0.4) is 0 Å². The van der Waals surface area contributed by atoms with Crippen molar-refractivity contribution in [2.45, 2.75) is 32.4 Å². The average molecular weight is 343 g/mol. The van der Waals surface area contributed by atoms with Crippen molar-refractivity contribution in [3.05, 3.63) is 64.7 Å². The quantitative estimate of drug-likeness (QED) is 0.925. The maximum atomic E-state index is 12.6. The highest BCUT2D eigenvalue weighted by Crippen LogP contribution is 2.28. The molecule has 24 heavy (non-hydrogen) atoms. The average Bonchev–Trinajstić information content (AvgIpc) is 2.95. The zero-order valence-electron chi connectivity index (χ0n) is 13.5. The summed E-state index contributed by atoms with van der Waals surface area (Å²) in [5, 5.41) is 3.54. The zero-order valence-corrected chi connectivity index (χ0v) is 14.2. The van der Waals surface area contributed by atoms with Crippen LogP contribution in [0, 0.1) is 6.92 Å². The Hall–Kier alpha value is -2.33. The van der Waals surface area contributed by atoms with Crippen molar-refractivity contribution in [1.29, 1.82) is 0 Å². The summed E-state index contributed by atoms with van der Waals surface area (Å²) in [5.74, 6) is -0.162. The molecule has 4 nitrogen and oxygen atoms in total. The molecule has 1 unspecified atom stereocenters. The van der Waals surface area contributed by atoms with Crippen molar-refractivity contribution in [2.24, 2.45) is 0 Å². The van der Waals surface area contributed by atoms with Crippen molar-refractivity contribution < 1.29 is 9.59 Å². The highest BCUT2D eigenvalue weighted by Gasteiger charge is 2.36. The number of anilines is 1. The van der Waals surface area contributed by atoms with E-state index in [1.807, 2.05) is 31.2 Å². The van der Waals surface area contributed by atoms with Gasteiger partial charge in [-0.2, -0.15) is 0 Å². The van der Waals surface area contributed by atoms with Gasteiger partial charge in [0.15, 0.2) is 0 Å². The Balaban J connectivity index is 1.71. The molecule has 1 N–H and O–H groups in total. The standard InChI is InChI=1S/C19H19ClN2O2/c1-13-3-2-4-14(11-13)12-21-19(24)17-9-10-18(23)22(17)16-7-5-15(20)6-8-16/h2-8,11,17H,9-10,12H2,1H3,(H,21,24). The van der Waals surface area contributed by atoms with E-state index in [2.05, 4.69) is 5.32 Å². The lowest BCUT2D eigenvalue weighted by Gasteiger charge is -2.24. The fourth-order valence-electron chi connectivity index (χ4n) is 2.99. The molecule has 5 heteroatoms. The third-order valence-corrected chi connectivity index (χ3v) is 4.42. The van der Waals surface area contributed by atoms with Crippen LogP contribution in [0.2, 0.25) is 5.02 Å². The highest BCUT2D eigenvalue weighted by molar-refractivity contribution is 6.30. The molecule has 0 aromatic heterocycles. The monoisotopic (exact) mass is 342 g/mol. The first-order valence-electron chi connectivity index (χ1n) is 7.95. The number of hydrogen-bond acceptors (Lipinski definition) is 2. The van der Waals surface area contributed by atoms with Crippen LogP contribution >= 0.6 is 11.6 Å². The molecule has 0 bridgehead atoms. The predicted molar refractivity (Wildman–Crippen MR) is 95.0 cm³/mol. The van der Waals surface area contributed by atoms with Crippen molar-refractivity contribution in [2.75, 3.05) is 4.90 Å². The van der Waals surface area contributed by atoms with Crippen LogP contribution < -0.4 is 10.2 Å². The maximum Gasteiger partial charge on any atom is 0.243 e. The first-order chi connectivity index (χ1) is 11.5. The van der Waals surface area contributed by atoms with Gasteiger partial charge in [0.25, 0.3) is 0 Å². The number of hydrogen-bond donors (Lipinski definition) is 1. The summed E-state index contributed by atoms with van der Waals surface area (Å²) in [7, 11) is 0. The van der Waals surface area contributed by atoms with E-state index in [1.165, 1.54) is 0 Å². The molecule has 1 aliphatic heterocycles. The second-order valence-corrected chi connectivity index (χ2v) is 6.44. The van der Waals surface area contributed by atoms with Gasteiger partial charge >= 0.3 is 0 Å². The number of rotatable bonds is 4. The molecule has 3 rings (SSSR count). The van der Waals surface area contributed by atoms with E-state index in [0.717, 1.165) is 11.1 Å². The molecule has 1 atom stereocenters. The molecule has 1 fully saturated rings. The van der Waals surface area contributed by atoms with Crippen molar-refractivity contribution in [3.8, 4) is 0 Å². The third-order valence-electron chi connectivity index (χ3n) is 4.17. The van der Waals surface area contributed by atoms with E-state index in [9.17, 15) is 9.59 Å². The molecule has 0 saturated carbocycles. The van der Waals surface area contributed by atoms with Crippen molar-refractivity contribution in [3.63, 3.8) is 0 Å². The smallest absolute Gasteiger partial charge is 0.243 e. The van der Waals surface area contributed by atoms with Crippen LogP contribution in [0.4, 0.5) is 5.69 Å². The molecule has 1 saturated heterocycles. The van der Waals surface area contributed by atoms with Gasteiger partial charge in [0.1, 0.15) is 6.04 Å². The molecule has 124 valence electrons. The minimum Gasteiger partial charge on any atom is -0.350 e. The lowest BCUT2D eigenvalue weighted by Crippen LogP contribution is -2.44. The SMILES string of the molecule is Cc1cccc(CNC(=O)C2CCC(=O)N2c2ccc(Cl)cc2)c1. The van der Waals surface area contributed by atoms with Crippen LogP contribution in [0.25, 0.3) is 0 Å². The second kappa shape index (κ2) is 7.05. The van der Waals surface area contributed by atoms with Gasteiger partial charge < -0.3 is 5.32 Å². The Morgan fingerprint density at radius 3 is 2.71 bits per heavy atom. The van der Waals surface area contributed by atoms with E-state index in [1.54, 1.807) is 29.2 Å². The van der Waals surface area contributed by atoms with Gasteiger partial charge in [-0.3, -0.25) is 14.5 Å². The van der Waals surface area contributed by atoms with Gasteiger partial charge in [-0.05, 0) is 43.2 Å². The first kappa shape index (κ1) is 16.5. The van der Waals surface area contributed by atoms with Gasteiger partial charge in [-0.1, -0.05) is 41.4 Å². The summed E-state index contributed by atoms with van der Waals surface area (Å²) in [4.78, 5) is 26.3. The van der Waals surface area contributed by atoms with Crippen LogP contribution in [0.15, 0.2) is 48.5 Å². The summed E-state index contributed by atoms with van der Waals surface area (Å²) < 4.78 is 0. The highest BCUT2D eigenvalue weighted by atomic mass is 35.5. The number of nitrogens with zero attached hydrogens (tertiary/aromatic N) is 1. The number of amides is 2. The maximum absolute atomic E-state index is 12.6. The number of carbonyl (C=O) groups is 2. The van der Waals surface area contributed by atoms with Gasteiger partial charge in [0.05, 0.1) is 0 Å². The number of aryl methyl sites for hydroxylation is 1. The summed E-state index contributed by atoms with van der Waals surface area (Å²) in [5.41, 5.74) is 2.91. The number of benzene rings is 2. The summed E-state index contributed by atoms with van der Waals surface area (Å²) >= 11 is 5.90. The van der Waals surface area contributed by atoms with E-state index >= 15 is 0 Å². The Labute approximate surface area is 146 Å². The minimum atomic E-state index is -0.469. The molecule has 2 aromatic rings. The van der Waals surface area contributed by atoms with Crippen molar-refractivity contribution >= 4 is 29.1 Å². The number of nitrogens with one attached hydrogen (secondary N) is 1.